The highest BCUT2D eigenvalue weighted by molar-refractivity contribution is 5.80. The van der Waals surface area contributed by atoms with E-state index in [1.807, 2.05) is 0 Å². The molecule has 0 saturated carbocycles. The van der Waals surface area contributed by atoms with Gasteiger partial charge in [-0.15, -0.1) is 0 Å². The molecule has 6 nitrogen and oxygen atoms in total. The third kappa shape index (κ3) is 38.1. The molecule has 0 rings (SSSR count). The molecule has 5 N–H and O–H groups in total. The standard InChI is InChI=1S/C49H95NO5/c1-3-5-7-9-10-11-12-13-14-15-16-17-18-19-20-21-22-23-24-25-26-27-28-29-30-31-32-33-34-35-36-37-39-41-43-47(53)49(55)50-45(44-51)48(54)46(52)42-40-38-8-6-4-2/h18-19,21-22,45-48,51-54H,3-17,20,23-44H2,1-2H3,(H,50,55)/b19-18-,22-21-. The van der Waals surface area contributed by atoms with Crippen LogP contribution in [0.2, 0.25) is 0 Å². The van der Waals surface area contributed by atoms with Crippen molar-refractivity contribution in [3.63, 3.8) is 0 Å². The molecule has 4 atom stereocenters. The van der Waals surface area contributed by atoms with Crippen molar-refractivity contribution in [2.75, 3.05) is 6.61 Å². The van der Waals surface area contributed by atoms with E-state index in [4.69, 9.17) is 0 Å². The second kappa shape index (κ2) is 43.9. The third-order valence-corrected chi connectivity index (χ3v) is 11.4. The molecule has 0 aliphatic heterocycles. The summed E-state index contributed by atoms with van der Waals surface area (Å²) in [7, 11) is 0. The molecule has 0 heterocycles. The lowest BCUT2D eigenvalue weighted by Gasteiger charge is -2.27. The van der Waals surface area contributed by atoms with Crippen LogP contribution in [0, 0.1) is 0 Å². The van der Waals surface area contributed by atoms with Gasteiger partial charge in [0.05, 0.1) is 18.8 Å². The van der Waals surface area contributed by atoms with E-state index >= 15 is 0 Å². The van der Waals surface area contributed by atoms with Gasteiger partial charge in [-0.2, -0.15) is 0 Å². The Kier molecular flexibility index (Phi) is 42.9. The molecular formula is C49H95NO5. The fraction of sp³-hybridized carbons (Fsp3) is 0.898. The first-order valence-electron chi connectivity index (χ1n) is 24.2. The zero-order valence-electron chi connectivity index (χ0n) is 36.7. The number of nitrogens with one attached hydrogen (secondary N) is 1. The molecule has 0 radical (unpaired) electrons. The number of amides is 1. The lowest BCUT2D eigenvalue weighted by molar-refractivity contribution is -0.132. The SMILES string of the molecule is CCCCCCCCCCCCC/C=C\C/C=C\CCCCCCCCCCCCCCCCCCC(O)C(=O)NC(CO)C(O)C(O)CCCCCCC. The molecule has 1 amide bonds. The molecule has 0 spiro atoms. The number of aliphatic hydroxyl groups is 4. The molecular weight excluding hydrogens is 683 g/mol. The molecule has 0 aromatic rings. The predicted octanol–water partition coefficient (Wildman–Crippen LogP) is 13.1. The summed E-state index contributed by atoms with van der Waals surface area (Å²) >= 11 is 0. The normalized spacial score (nSPS) is 14.2. The molecule has 326 valence electrons. The molecule has 0 aromatic heterocycles. The summed E-state index contributed by atoms with van der Waals surface area (Å²) in [6.45, 7) is 3.95. The maximum atomic E-state index is 12.4. The molecule has 0 aliphatic rings. The van der Waals surface area contributed by atoms with Crippen LogP contribution >= 0.6 is 0 Å². The van der Waals surface area contributed by atoms with Crippen LogP contribution in [0.25, 0.3) is 0 Å². The Labute approximate surface area is 342 Å². The van der Waals surface area contributed by atoms with E-state index in [9.17, 15) is 25.2 Å². The molecule has 0 aromatic carbocycles. The Hall–Kier alpha value is -1.21. The van der Waals surface area contributed by atoms with Gasteiger partial charge in [-0.25, -0.2) is 0 Å². The Morgan fingerprint density at radius 1 is 0.455 bits per heavy atom. The smallest absolute Gasteiger partial charge is 0.249 e. The summed E-state index contributed by atoms with van der Waals surface area (Å²) in [5.41, 5.74) is 0. The summed E-state index contributed by atoms with van der Waals surface area (Å²) in [6, 6.07) is -0.979. The topological polar surface area (TPSA) is 110 Å². The molecule has 0 aliphatic carbocycles. The zero-order chi connectivity index (χ0) is 40.3. The average molecular weight is 778 g/mol. The number of hydrogen-bond donors (Lipinski definition) is 5. The minimum absolute atomic E-state index is 0.370. The summed E-state index contributed by atoms with van der Waals surface area (Å²) in [6.07, 6.45) is 51.5. The summed E-state index contributed by atoms with van der Waals surface area (Å²) < 4.78 is 0. The first-order chi connectivity index (χ1) is 27.0. The van der Waals surface area contributed by atoms with Crippen molar-refractivity contribution in [3.8, 4) is 0 Å². The molecule has 4 unspecified atom stereocenters. The first kappa shape index (κ1) is 53.8. The van der Waals surface area contributed by atoms with Crippen LogP contribution in [0.4, 0.5) is 0 Å². The number of carbonyl (C=O) groups excluding carboxylic acids is 1. The van der Waals surface area contributed by atoms with Gasteiger partial charge >= 0.3 is 0 Å². The van der Waals surface area contributed by atoms with Crippen molar-refractivity contribution in [3.05, 3.63) is 24.3 Å². The van der Waals surface area contributed by atoms with Crippen LogP contribution in [-0.4, -0.2) is 57.3 Å². The van der Waals surface area contributed by atoms with Crippen LogP contribution in [-0.2, 0) is 4.79 Å². The zero-order valence-corrected chi connectivity index (χ0v) is 36.7. The number of unbranched alkanes of at least 4 members (excludes halogenated alkanes) is 31. The third-order valence-electron chi connectivity index (χ3n) is 11.4. The maximum Gasteiger partial charge on any atom is 0.249 e. The molecule has 6 heteroatoms. The van der Waals surface area contributed by atoms with Crippen molar-refractivity contribution < 1.29 is 25.2 Å². The maximum absolute atomic E-state index is 12.4. The van der Waals surface area contributed by atoms with Gasteiger partial charge in [-0.3, -0.25) is 4.79 Å². The quantitative estimate of drug-likeness (QED) is 0.0313. The van der Waals surface area contributed by atoms with Crippen molar-refractivity contribution in [1.29, 1.82) is 0 Å². The van der Waals surface area contributed by atoms with Gasteiger partial charge in [-0.1, -0.05) is 231 Å². The van der Waals surface area contributed by atoms with Gasteiger partial charge in [0.1, 0.15) is 12.2 Å². The largest absolute Gasteiger partial charge is 0.394 e. The number of aliphatic hydroxyl groups excluding tert-OH is 4. The van der Waals surface area contributed by atoms with Crippen LogP contribution in [0.15, 0.2) is 24.3 Å². The van der Waals surface area contributed by atoms with Crippen LogP contribution in [0.5, 0.6) is 0 Å². The second-order valence-electron chi connectivity index (χ2n) is 16.8. The van der Waals surface area contributed by atoms with Gasteiger partial charge in [-0.05, 0) is 44.9 Å². The number of carbonyl (C=O) groups is 1. The highest BCUT2D eigenvalue weighted by atomic mass is 16.3. The van der Waals surface area contributed by atoms with Crippen molar-refractivity contribution in [2.24, 2.45) is 0 Å². The predicted molar refractivity (Wildman–Crippen MR) is 237 cm³/mol. The van der Waals surface area contributed by atoms with Gasteiger partial charge in [0.25, 0.3) is 0 Å². The van der Waals surface area contributed by atoms with Crippen molar-refractivity contribution in [1.82, 2.24) is 5.32 Å². The fourth-order valence-corrected chi connectivity index (χ4v) is 7.55. The summed E-state index contributed by atoms with van der Waals surface area (Å²) in [5.74, 6) is -0.588. The van der Waals surface area contributed by atoms with E-state index in [1.54, 1.807) is 0 Å². The fourth-order valence-electron chi connectivity index (χ4n) is 7.55. The van der Waals surface area contributed by atoms with E-state index in [2.05, 4.69) is 43.5 Å². The van der Waals surface area contributed by atoms with Crippen molar-refractivity contribution in [2.45, 2.75) is 276 Å². The van der Waals surface area contributed by atoms with E-state index in [0.29, 0.717) is 12.8 Å². The average Bonchev–Trinajstić information content (AvgIpc) is 3.19. The molecule has 0 bridgehead atoms. The summed E-state index contributed by atoms with van der Waals surface area (Å²) in [4.78, 5) is 12.4. The number of hydrogen-bond acceptors (Lipinski definition) is 5. The van der Waals surface area contributed by atoms with Crippen molar-refractivity contribution >= 4 is 5.91 Å². The van der Waals surface area contributed by atoms with Gasteiger partial charge in [0.2, 0.25) is 5.91 Å². The van der Waals surface area contributed by atoms with Gasteiger partial charge in [0, 0.05) is 0 Å². The number of allylic oxidation sites excluding steroid dienone is 4. The highest BCUT2D eigenvalue weighted by Gasteiger charge is 2.28. The van der Waals surface area contributed by atoms with E-state index in [0.717, 1.165) is 57.8 Å². The van der Waals surface area contributed by atoms with Crippen LogP contribution in [0.3, 0.4) is 0 Å². The minimum Gasteiger partial charge on any atom is -0.394 e. The first-order valence-corrected chi connectivity index (χ1v) is 24.2. The van der Waals surface area contributed by atoms with Gasteiger partial charge < -0.3 is 25.7 Å². The van der Waals surface area contributed by atoms with Crippen LogP contribution in [0.1, 0.15) is 251 Å². The van der Waals surface area contributed by atoms with E-state index in [-0.39, 0.29) is 0 Å². The second-order valence-corrected chi connectivity index (χ2v) is 16.8. The highest BCUT2D eigenvalue weighted by Crippen LogP contribution is 2.17. The monoisotopic (exact) mass is 778 g/mol. The molecule has 0 fully saturated rings. The van der Waals surface area contributed by atoms with Gasteiger partial charge in [0.15, 0.2) is 0 Å². The summed E-state index contributed by atoms with van der Waals surface area (Å²) in [5, 5.41) is 43.2. The van der Waals surface area contributed by atoms with E-state index in [1.165, 1.54) is 167 Å². The van der Waals surface area contributed by atoms with Crippen LogP contribution < -0.4 is 5.32 Å². The Bertz CT molecular complexity index is 832. The Balaban J connectivity index is 3.48. The Morgan fingerprint density at radius 2 is 0.782 bits per heavy atom. The minimum atomic E-state index is -1.25. The van der Waals surface area contributed by atoms with E-state index < -0.39 is 36.9 Å². The lowest BCUT2D eigenvalue weighted by atomic mass is 9.99. The Morgan fingerprint density at radius 3 is 1.15 bits per heavy atom. The molecule has 55 heavy (non-hydrogen) atoms. The molecule has 0 saturated heterocycles. The number of rotatable bonds is 44. The lowest BCUT2D eigenvalue weighted by Crippen LogP contribution is -2.53.